The van der Waals surface area contributed by atoms with Crippen LogP contribution in [-0.4, -0.2) is 61.6 Å². The molecule has 138 valence electrons. The fourth-order valence-electron chi connectivity index (χ4n) is 3.85. The molecule has 2 aliphatic rings. The van der Waals surface area contributed by atoms with Gasteiger partial charge in [0.15, 0.2) is 0 Å². The van der Waals surface area contributed by atoms with Gasteiger partial charge in [0.1, 0.15) is 17.6 Å². The minimum absolute atomic E-state index is 0.221. The standard InChI is InChI=1S/C20H30N2O3/c1-13-14(2)20-18(15(3)19(13)24-16(4)23)12-17(25-20)6-7-22-10-8-21(5)9-11-22/h17H,6-12H2,1-5H3. The van der Waals surface area contributed by atoms with Gasteiger partial charge in [0.2, 0.25) is 0 Å². The summed E-state index contributed by atoms with van der Waals surface area (Å²) in [6, 6.07) is 0. The maximum Gasteiger partial charge on any atom is 0.308 e. The molecule has 3 rings (SSSR count). The summed E-state index contributed by atoms with van der Waals surface area (Å²) < 4.78 is 11.8. The summed E-state index contributed by atoms with van der Waals surface area (Å²) in [4.78, 5) is 16.3. The third-order valence-electron chi connectivity index (χ3n) is 5.64. The molecule has 0 radical (unpaired) electrons. The Kier molecular flexibility index (Phi) is 5.35. The first-order valence-corrected chi connectivity index (χ1v) is 9.25. The number of hydrogen-bond donors (Lipinski definition) is 0. The number of piperazine rings is 1. The zero-order valence-electron chi connectivity index (χ0n) is 16.1. The Morgan fingerprint density at radius 3 is 2.44 bits per heavy atom. The second-order valence-corrected chi connectivity index (χ2v) is 7.48. The predicted octanol–water partition coefficient (Wildman–Crippen LogP) is 2.48. The minimum atomic E-state index is -0.268. The topological polar surface area (TPSA) is 42.0 Å². The van der Waals surface area contributed by atoms with Crippen LogP contribution >= 0.6 is 0 Å². The molecule has 0 bridgehead atoms. The second-order valence-electron chi connectivity index (χ2n) is 7.48. The Morgan fingerprint density at radius 2 is 1.80 bits per heavy atom. The molecule has 2 heterocycles. The van der Waals surface area contributed by atoms with Crippen LogP contribution < -0.4 is 9.47 Å². The van der Waals surface area contributed by atoms with Crippen molar-refractivity contribution in [2.24, 2.45) is 0 Å². The van der Waals surface area contributed by atoms with Crippen LogP contribution in [0.25, 0.3) is 0 Å². The fraction of sp³-hybridized carbons (Fsp3) is 0.650. The number of rotatable bonds is 4. The van der Waals surface area contributed by atoms with Gasteiger partial charge in [0.05, 0.1) is 0 Å². The van der Waals surface area contributed by atoms with Gasteiger partial charge in [-0.25, -0.2) is 0 Å². The highest BCUT2D eigenvalue weighted by molar-refractivity contribution is 5.72. The Balaban J connectivity index is 1.68. The molecule has 1 aromatic rings. The molecule has 1 unspecified atom stereocenters. The summed E-state index contributed by atoms with van der Waals surface area (Å²) in [6.45, 7) is 13.2. The number of nitrogens with zero attached hydrogens (tertiary/aromatic N) is 2. The molecule has 25 heavy (non-hydrogen) atoms. The van der Waals surface area contributed by atoms with E-state index in [1.807, 2.05) is 13.8 Å². The lowest BCUT2D eigenvalue weighted by Gasteiger charge is -2.32. The van der Waals surface area contributed by atoms with E-state index in [9.17, 15) is 4.79 Å². The summed E-state index contributed by atoms with van der Waals surface area (Å²) in [7, 11) is 2.18. The van der Waals surface area contributed by atoms with E-state index in [2.05, 4.69) is 23.8 Å². The van der Waals surface area contributed by atoms with Crippen LogP contribution in [0.1, 0.15) is 35.6 Å². The molecular formula is C20H30N2O3. The fourth-order valence-corrected chi connectivity index (χ4v) is 3.85. The molecule has 1 saturated heterocycles. The third-order valence-corrected chi connectivity index (χ3v) is 5.64. The molecule has 0 N–H and O–H groups in total. The van der Waals surface area contributed by atoms with Crippen molar-refractivity contribution < 1.29 is 14.3 Å². The number of carbonyl (C=O) groups is 1. The number of likely N-dealkylation sites (N-methyl/N-ethyl adjacent to an activating group) is 1. The van der Waals surface area contributed by atoms with Gasteiger partial charge < -0.3 is 19.3 Å². The molecular weight excluding hydrogens is 316 g/mol. The maximum atomic E-state index is 11.4. The van der Waals surface area contributed by atoms with Gasteiger partial charge in [-0.15, -0.1) is 0 Å². The van der Waals surface area contributed by atoms with Gasteiger partial charge in [0.25, 0.3) is 0 Å². The van der Waals surface area contributed by atoms with Crippen molar-refractivity contribution in [2.45, 2.75) is 46.6 Å². The van der Waals surface area contributed by atoms with Crippen molar-refractivity contribution in [1.82, 2.24) is 9.80 Å². The van der Waals surface area contributed by atoms with E-state index in [1.165, 1.54) is 12.5 Å². The first kappa shape index (κ1) is 18.2. The summed E-state index contributed by atoms with van der Waals surface area (Å²) in [5.41, 5.74) is 4.36. The summed E-state index contributed by atoms with van der Waals surface area (Å²) >= 11 is 0. The first-order valence-electron chi connectivity index (χ1n) is 9.25. The zero-order valence-corrected chi connectivity index (χ0v) is 16.1. The Hall–Kier alpha value is -1.59. The predicted molar refractivity (Wildman–Crippen MR) is 98.6 cm³/mol. The lowest BCUT2D eigenvalue weighted by Crippen LogP contribution is -2.45. The SMILES string of the molecule is CC(=O)Oc1c(C)c(C)c2c(c1C)CC(CCN1CCN(C)CC1)O2. The van der Waals surface area contributed by atoms with Crippen LogP contribution in [0.2, 0.25) is 0 Å². The van der Waals surface area contributed by atoms with Crippen LogP contribution in [0.4, 0.5) is 0 Å². The number of fused-ring (bicyclic) bond motifs is 1. The number of ether oxygens (including phenoxy) is 2. The van der Waals surface area contributed by atoms with E-state index in [1.54, 1.807) is 0 Å². The average molecular weight is 346 g/mol. The Morgan fingerprint density at radius 1 is 1.12 bits per heavy atom. The largest absolute Gasteiger partial charge is 0.489 e. The quantitative estimate of drug-likeness (QED) is 0.619. The number of esters is 1. The molecule has 2 aliphatic heterocycles. The van der Waals surface area contributed by atoms with E-state index in [4.69, 9.17) is 9.47 Å². The van der Waals surface area contributed by atoms with Gasteiger partial charge in [-0.2, -0.15) is 0 Å². The third kappa shape index (κ3) is 3.82. The highest BCUT2D eigenvalue weighted by Gasteiger charge is 2.30. The summed E-state index contributed by atoms with van der Waals surface area (Å²) in [5.74, 6) is 1.46. The monoisotopic (exact) mass is 346 g/mol. The highest BCUT2D eigenvalue weighted by Crippen LogP contribution is 2.43. The van der Waals surface area contributed by atoms with Crippen molar-refractivity contribution in [2.75, 3.05) is 39.8 Å². The molecule has 0 saturated carbocycles. The van der Waals surface area contributed by atoms with Crippen LogP contribution in [0.5, 0.6) is 11.5 Å². The van der Waals surface area contributed by atoms with Crippen molar-refractivity contribution in [3.63, 3.8) is 0 Å². The lowest BCUT2D eigenvalue weighted by molar-refractivity contribution is -0.131. The molecule has 1 fully saturated rings. The van der Waals surface area contributed by atoms with Crippen LogP contribution in [0.3, 0.4) is 0 Å². The van der Waals surface area contributed by atoms with Crippen LogP contribution in [0.15, 0.2) is 0 Å². The zero-order chi connectivity index (χ0) is 18.1. The van der Waals surface area contributed by atoms with Gasteiger partial charge in [-0.3, -0.25) is 4.79 Å². The number of carbonyl (C=O) groups excluding carboxylic acids is 1. The highest BCUT2D eigenvalue weighted by atomic mass is 16.5. The molecule has 0 aliphatic carbocycles. The maximum absolute atomic E-state index is 11.4. The Labute approximate surface area is 150 Å². The second kappa shape index (κ2) is 7.34. The molecule has 1 atom stereocenters. The van der Waals surface area contributed by atoms with E-state index in [0.717, 1.165) is 68.0 Å². The van der Waals surface area contributed by atoms with Crippen molar-refractivity contribution in [3.8, 4) is 11.5 Å². The molecule has 0 amide bonds. The van der Waals surface area contributed by atoms with E-state index < -0.39 is 0 Å². The summed E-state index contributed by atoms with van der Waals surface area (Å²) in [6.07, 6.45) is 2.17. The number of benzene rings is 1. The van der Waals surface area contributed by atoms with E-state index in [0.29, 0.717) is 5.75 Å². The molecule has 0 aromatic heterocycles. The Bertz CT molecular complexity index is 664. The van der Waals surface area contributed by atoms with Gasteiger partial charge in [-0.05, 0) is 50.9 Å². The van der Waals surface area contributed by atoms with Crippen LogP contribution in [-0.2, 0) is 11.2 Å². The number of hydrogen-bond acceptors (Lipinski definition) is 5. The van der Waals surface area contributed by atoms with Gasteiger partial charge >= 0.3 is 5.97 Å². The van der Waals surface area contributed by atoms with Crippen molar-refractivity contribution >= 4 is 5.97 Å². The lowest BCUT2D eigenvalue weighted by atomic mass is 9.95. The van der Waals surface area contributed by atoms with E-state index in [-0.39, 0.29) is 12.1 Å². The average Bonchev–Trinajstić information content (AvgIpc) is 3.01. The van der Waals surface area contributed by atoms with Crippen molar-refractivity contribution in [3.05, 3.63) is 22.3 Å². The molecule has 5 heteroatoms. The van der Waals surface area contributed by atoms with Crippen molar-refractivity contribution in [1.29, 1.82) is 0 Å². The minimum Gasteiger partial charge on any atom is -0.489 e. The van der Waals surface area contributed by atoms with Crippen LogP contribution in [0, 0.1) is 20.8 Å². The van der Waals surface area contributed by atoms with Gasteiger partial charge in [-0.1, -0.05) is 0 Å². The first-order chi connectivity index (χ1) is 11.9. The smallest absolute Gasteiger partial charge is 0.308 e. The summed E-state index contributed by atoms with van der Waals surface area (Å²) in [5, 5.41) is 0. The van der Waals surface area contributed by atoms with E-state index >= 15 is 0 Å². The normalized spacial score (nSPS) is 21.1. The molecule has 5 nitrogen and oxygen atoms in total. The molecule has 0 spiro atoms. The van der Waals surface area contributed by atoms with Gasteiger partial charge in [0, 0.05) is 51.6 Å². The molecule has 1 aromatic carbocycles.